The molecule has 0 radical (unpaired) electrons. The van der Waals surface area contributed by atoms with Crippen molar-refractivity contribution in [3.05, 3.63) is 41.5 Å². The van der Waals surface area contributed by atoms with E-state index in [1.807, 2.05) is 27.0 Å². The highest BCUT2D eigenvalue weighted by atomic mass is 16.2. The average Bonchev–Trinajstić information content (AvgIpc) is 3.07. The lowest BCUT2D eigenvalue weighted by Gasteiger charge is -2.40. The van der Waals surface area contributed by atoms with Gasteiger partial charge in [-0.05, 0) is 50.1 Å². The molecule has 0 bridgehead atoms. The lowest BCUT2D eigenvalue weighted by Crippen LogP contribution is -2.47. The molecular formula is C23H29N3O2. The van der Waals surface area contributed by atoms with Crippen LogP contribution in [0.1, 0.15) is 48.6 Å². The lowest BCUT2D eigenvalue weighted by molar-refractivity contribution is -0.134. The van der Waals surface area contributed by atoms with Crippen molar-refractivity contribution in [2.24, 2.45) is 5.92 Å². The van der Waals surface area contributed by atoms with Crippen molar-refractivity contribution in [3.63, 3.8) is 0 Å². The molecule has 0 saturated heterocycles. The summed E-state index contributed by atoms with van der Waals surface area (Å²) in [6, 6.07) is -0.689. The van der Waals surface area contributed by atoms with Crippen LogP contribution in [-0.2, 0) is 11.2 Å². The van der Waals surface area contributed by atoms with Gasteiger partial charge in [-0.3, -0.25) is 19.1 Å². The fourth-order valence-corrected chi connectivity index (χ4v) is 4.50. The van der Waals surface area contributed by atoms with Crippen LogP contribution in [0, 0.1) is 5.92 Å². The monoisotopic (exact) mass is 383 g/mol. The molecule has 0 unspecified atom stereocenters. The number of benzene rings is 1. The second kappa shape index (κ2) is 7.21. The van der Waals surface area contributed by atoms with E-state index in [0.717, 1.165) is 5.57 Å². The van der Waals surface area contributed by atoms with E-state index in [-0.39, 0.29) is 60.0 Å². The number of nitrogens with zero attached hydrogens (tertiary/aromatic N) is 3. The minimum absolute atomic E-state index is 0.0319. The molecular weight excluding hydrogens is 350 g/mol. The number of hydrogen-bond acceptors (Lipinski definition) is 3. The van der Waals surface area contributed by atoms with E-state index >= 15 is 0 Å². The molecule has 5 heteroatoms. The quantitative estimate of drug-likeness (QED) is 0.813. The number of carbonyl (C=O) groups is 2. The molecule has 0 fully saturated rings. The Morgan fingerprint density at radius 2 is 2.00 bits per heavy atom. The van der Waals surface area contributed by atoms with Crippen molar-refractivity contribution in [3.8, 4) is 0 Å². The van der Waals surface area contributed by atoms with Gasteiger partial charge < -0.3 is 4.90 Å². The molecule has 1 aliphatic carbocycles. The summed E-state index contributed by atoms with van der Waals surface area (Å²) in [5, 5.41) is 0.551. The summed E-state index contributed by atoms with van der Waals surface area (Å²) in [5.41, 5.74) is 2.17. The summed E-state index contributed by atoms with van der Waals surface area (Å²) >= 11 is 0. The highest BCUT2D eigenvalue weighted by Crippen LogP contribution is 2.41. The van der Waals surface area contributed by atoms with Crippen LogP contribution in [0.25, 0.3) is 16.5 Å². The van der Waals surface area contributed by atoms with E-state index in [1.54, 1.807) is 11.8 Å². The van der Waals surface area contributed by atoms with Crippen LogP contribution in [0.2, 0.25) is 0 Å². The van der Waals surface area contributed by atoms with Gasteiger partial charge in [0, 0.05) is 43.7 Å². The van der Waals surface area contributed by atoms with Crippen LogP contribution in [-0.4, -0.2) is 58.9 Å². The van der Waals surface area contributed by atoms with Crippen LogP contribution in [0.15, 0.2) is 30.4 Å². The zero-order chi connectivity index (χ0) is 23.5. The summed E-state index contributed by atoms with van der Waals surface area (Å²) < 4.78 is 35.5. The van der Waals surface area contributed by atoms with Crippen LogP contribution in [0.4, 0.5) is 0 Å². The van der Waals surface area contributed by atoms with Gasteiger partial charge in [0.25, 0.3) is 0 Å². The first-order chi connectivity index (χ1) is 15.2. The van der Waals surface area contributed by atoms with E-state index in [2.05, 4.69) is 4.90 Å². The second-order valence-electron chi connectivity index (χ2n) is 7.55. The van der Waals surface area contributed by atoms with E-state index in [0.29, 0.717) is 42.6 Å². The maximum absolute atomic E-state index is 13.1. The van der Waals surface area contributed by atoms with Gasteiger partial charge in [-0.15, -0.1) is 0 Å². The summed E-state index contributed by atoms with van der Waals surface area (Å²) in [5.74, 6) is -0.643. The van der Waals surface area contributed by atoms with E-state index < -0.39 is 0 Å². The Kier molecular flexibility index (Phi) is 3.75. The van der Waals surface area contributed by atoms with Gasteiger partial charge in [-0.2, -0.15) is 0 Å². The van der Waals surface area contributed by atoms with Crippen LogP contribution < -0.4 is 0 Å². The Labute approximate surface area is 172 Å². The van der Waals surface area contributed by atoms with Crippen molar-refractivity contribution >= 4 is 28.3 Å². The molecule has 1 aromatic carbocycles. The molecule has 5 nitrogen and oxygen atoms in total. The molecule has 28 heavy (non-hydrogen) atoms. The van der Waals surface area contributed by atoms with Gasteiger partial charge in [0.05, 0.1) is 16.9 Å². The zero-order valence-electron chi connectivity index (χ0n) is 20.9. The van der Waals surface area contributed by atoms with Crippen molar-refractivity contribution in [1.29, 1.82) is 0 Å². The molecule has 4 rings (SSSR count). The van der Waals surface area contributed by atoms with Crippen LogP contribution in [0.5, 0.6) is 0 Å². The van der Waals surface area contributed by atoms with Gasteiger partial charge in [0.1, 0.15) is 0 Å². The second-order valence-corrected chi connectivity index (χ2v) is 7.55. The molecule has 0 N–H and O–H groups in total. The summed E-state index contributed by atoms with van der Waals surface area (Å²) in [4.78, 5) is 29.7. The maximum atomic E-state index is 13.1. The third-order valence-corrected chi connectivity index (χ3v) is 6.01. The van der Waals surface area contributed by atoms with Crippen LogP contribution >= 0.6 is 0 Å². The molecule has 1 amide bonds. The standard InChI is InChI=1S/C23H29N3O2/c1-5-21(27)26-14-15-12-20-18(17-9-8-10-19(26)22(15)17)11-16(13-24(20)4)23(28)25(6-2)7-3/h8-11,14,16,20H,5-7,12-13H2,1-4H3/t16-,20-/m1/s1/i8D,9D,10D,14D. The molecule has 1 aliphatic heterocycles. The van der Waals surface area contributed by atoms with Crippen molar-refractivity contribution in [2.45, 2.75) is 39.7 Å². The molecule has 1 aromatic heterocycles. The fraction of sp³-hybridized carbons (Fsp3) is 0.478. The highest BCUT2D eigenvalue weighted by molar-refractivity contribution is 6.03. The predicted molar refractivity (Wildman–Crippen MR) is 112 cm³/mol. The Hall–Kier alpha value is -2.40. The van der Waals surface area contributed by atoms with Gasteiger partial charge in [-0.1, -0.05) is 25.1 Å². The fourth-order valence-electron chi connectivity index (χ4n) is 4.50. The number of hydrogen-bond donors (Lipinski definition) is 0. The average molecular weight is 384 g/mol. The molecule has 0 saturated carbocycles. The Balaban J connectivity index is 2.02. The van der Waals surface area contributed by atoms with Gasteiger partial charge >= 0.3 is 0 Å². The van der Waals surface area contributed by atoms with E-state index in [1.165, 1.54) is 4.57 Å². The van der Waals surface area contributed by atoms with Crippen molar-refractivity contribution < 1.29 is 15.1 Å². The molecule has 2 aliphatic rings. The first kappa shape index (κ1) is 14.6. The third kappa shape index (κ3) is 2.80. The molecule has 2 atom stereocenters. The zero-order valence-corrected chi connectivity index (χ0v) is 16.9. The normalized spacial score (nSPS) is 23.4. The highest BCUT2D eigenvalue weighted by Gasteiger charge is 2.37. The Morgan fingerprint density at radius 3 is 2.68 bits per heavy atom. The first-order valence-corrected chi connectivity index (χ1v) is 10.1. The number of likely N-dealkylation sites (N-methyl/N-ethyl adjacent to an activating group) is 1. The van der Waals surface area contributed by atoms with Gasteiger partial charge in [0.2, 0.25) is 11.8 Å². The van der Waals surface area contributed by atoms with Gasteiger partial charge in [-0.25, -0.2) is 0 Å². The van der Waals surface area contributed by atoms with Gasteiger partial charge in [0.15, 0.2) is 0 Å². The van der Waals surface area contributed by atoms with Crippen molar-refractivity contribution in [1.82, 2.24) is 14.4 Å². The van der Waals surface area contributed by atoms with E-state index in [9.17, 15) is 9.59 Å². The number of rotatable bonds is 4. The Bertz CT molecular complexity index is 1170. The SMILES string of the molecule is [2H]c1c([2H])c([2H])c2c3c(c([2H])n2C(=O)CC)C[C@@H]2C(=C[C@@H](C(=O)N(CC)CC)CN2C)c13. The van der Waals surface area contributed by atoms with Crippen molar-refractivity contribution in [2.75, 3.05) is 26.7 Å². The predicted octanol–water partition coefficient (Wildman–Crippen LogP) is 3.43. The number of aromatic nitrogens is 1. The topological polar surface area (TPSA) is 45.6 Å². The minimum Gasteiger partial charge on any atom is -0.343 e. The summed E-state index contributed by atoms with van der Waals surface area (Å²) in [7, 11) is 1.93. The molecule has 0 spiro atoms. The van der Waals surface area contributed by atoms with E-state index in [4.69, 9.17) is 5.48 Å². The maximum Gasteiger partial charge on any atom is 0.230 e. The molecule has 148 valence electrons. The third-order valence-electron chi connectivity index (χ3n) is 6.01. The number of fused-ring (bicyclic) bond motifs is 2. The number of carbonyl (C=O) groups excluding carboxylic acids is 2. The lowest BCUT2D eigenvalue weighted by atomic mass is 9.79. The smallest absolute Gasteiger partial charge is 0.230 e. The first-order valence-electron chi connectivity index (χ1n) is 12.1. The minimum atomic E-state index is -0.373. The number of amides is 1. The summed E-state index contributed by atoms with van der Waals surface area (Å²) in [6.07, 6.45) is 2.61. The molecule has 2 heterocycles. The molecule has 2 aromatic rings. The van der Waals surface area contributed by atoms with Crippen LogP contribution in [0.3, 0.4) is 0 Å². The largest absolute Gasteiger partial charge is 0.343 e. The summed E-state index contributed by atoms with van der Waals surface area (Å²) in [6.45, 7) is 7.37. The Morgan fingerprint density at radius 1 is 1.25 bits per heavy atom.